The Morgan fingerprint density at radius 2 is 1.22 bits per heavy atom. The van der Waals surface area contributed by atoms with Crippen molar-refractivity contribution in [2.24, 2.45) is 0 Å². The van der Waals surface area contributed by atoms with Crippen molar-refractivity contribution >= 4 is 36.7 Å². The number of hydrogen-bond donors (Lipinski definition) is 3. The normalized spacial score (nSPS) is 18.8. The van der Waals surface area contributed by atoms with Crippen LogP contribution in [0.1, 0.15) is 200 Å². The smallest absolute Gasteiger partial charge is 0.756 e. The van der Waals surface area contributed by atoms with Gasteiger partial charge >= 0.3 is 47.6 Å². The van der Waals surface area contributed by atoms with Crippen molar-refractivity contribution in [1.29, 1.82) is 0 Å². The number of carbonyl (C=O) groups is 2. The second kappa shape index (κ2) is 34.5. The minimum Gasteiger partial charge on any atom is -0.756 e. The van der Waals surface area contributed by atoms with Crippen molar-refractivity contribution in [3.05, 3.63) is 12.4 Å². The number of hydrogen-bond acceptors (Lipinski definition) is 15. The largest absolute Gasteiger partial charge is 1.00 e. The zero-order valence-electron chi connectivity index (χ0n) is 39.1. The van der Waals surface area contributed by atoms with Crippen molar-refractivity contribution in [2.45, 2.75) is 224 Å². The molecule has 362 valence electrons. The first-order valence-corrected chi connectivity index (χ1v) is 25.5. The number of halogens is 1. The Bertz CT molecular complexity index is 1610. The van der Waals surface area contributed by atoms with Crippen LogP contribution in [0.5, 0.6) is 0 Å². The van der Waals surface area contributed by atoms with Crippen molar-refractivity contribution in [3.8, 4) is 0 Å². The number of anilines is 1. The molecule has 0 saturated carbocycles. The fraction of sp³-hybridized carbons (Fsp3) is 0.844. The maximum absolute atomic E-state index is 13.9. The molecule has 2 aromatic heterocycles. The number of aliphatic hydroxyl groups is 2. The number of esters is 2. The fourth-order valence-corrected chi connectivity index (χ4v) is 8.52. The molecule has 0 amide bonds. The van der Waals surface area contributed by atoms with Gasteiger partial charge < -0.3 is 44.1 Å². The van der Waals surface area contributed by atoms with Crippen LogP contribution in [0.4, 0.5) is 10.2 Å². The molecule has 19 heteroatoms. The van der Waals surface area contributed by atoms with Gasteiger partial charge in [0.15, 0.2) is 29.3 Å². The van der Waals surface area contributed by atoms with E-state index in [4.69, 9.17) is 29.0 Å². The Hall–Kier alpha value is -1.79. The topological polar surface area (TPSA) is 230 Å². The average Bonchev–Trinajstić information content (AvgIpc) is 3.80. The van der Waals surface area contributed by atoms with Gasteiger partial charge in [0.05, 0.1) is 19.5 Å². The molecular formula is C45H78FN5NaO11P. The number of ether oxygens (including phenoxy) is 3. The van der Waals surface area contributed by atoms with E-state index >= 15 is 0 Å². The van der Waals surface area contributed by atoms with Crippen LogP contribution in [0.15, 0.2) is 6.33 Å². The van der Waals surface area contributed by atoms with E-state index in [2.05, 4.69) is 28.8 Å². The standard InChI is InChI=1S/C45H79FN5O11P.Na/c1-3-5-7-9-11-13-15-17-19-21-23-25-27-29-37(52)58-31-35(61-38(53)30-28-26-24-22-20-18-16-14-12-10-8-6-4-2)32-59-63(56,57)60-33-36-40(54)41(55)44(62-36)51-34-48-39-42(47)49-45(46)50-43(39)51;/h34-36,40-41,44,54-55H,3-33H2,1-2H3,(H,56,57)(H2,47,49,50);/q;+1/p-1/t35?,36-,40-,41+,44-;/m1./s1. The van der Waals surface area contributed by atoms with Gasteiger partial charge in [-0.2, -0.15) is 14.4 Å². The molecule has 6 atom stereocenters. The Labute approximate surface area is 403 Å². The van der Waals surface area contributed by atoms with E-state index < -0.39 is 76.3 Å². The van der Waals surface area contributed by atoms with Crippen LogP contribution in [0.3, 0.4) is 0 Å². The van der Waals surface area contributed by atoms with Crippen LogP contribution in [-0.4, -0.2) is 85.9 Å². The van der Waals surface area contributed by atoms with Crippen molar-refractivity contribution < 1.29 is 86.5 Å². The maximum atomic E-state index is 13.9. The summed E-state index contributed by atoms with van der Waals surface area (Å²) in [5.74, 6) is -1.30. The number of nitrogen functional groups attached to an aromatic ring is 1. The zero-order valence-corrected chi connectivity index (χ0v) is 42.0. The van der Waals surface area contributed by atoms with Gasteiger partial charge in [-0.15, -0.1) is 0 Å². The summed E-state index contributed by atoms with van der Waals surface area (Å²) >= 11 is 0. The molecule has 3 heterocycles. The number of phosphoric ester groups is 1. The molecule has 1 aliphatic rings. The summed E-state index contributed by atoms with van der Waals surface area (Å²) < 4.78 is 54.6. The first kappa shape index (κ1) is 58.3. The molecule has 16 nitrogen and oxygen atoms in total. The van der Waals surface area contributed by atoms with Crippen LogP contribution in [-0.2, 0) is 37.4 Å². The molecule has 0 aliphatic carbocycles. The molecule has 2 aromatic rings. The average molecular weight is 938 g/mol. The number of aliphatic hydroxyl groups excluding tert-OH is 2. The quantitative estimate of drug-likeness (QED) is 0.0227. The molecule has 4 N–H and O–H groups in total. The predicted molar refractivity (Wildman–Crippen MR) is 237 cm³/mol. The number of carbonyl (C=O) groups excluding carboxylic acids is 2. The SMILES string of the molecule is CCCCCCCCCCCCCCCC(=O)OCC(COP(=O)([O-])OC[C@H]1O[C@@H](n2cnc3c(N)nc(F)nc32)[C@@H](O)[C@@H]1O)OC(=O)CCCCCCCCCCCCCCC.[Na+]. The van der Waals surface area contributed by atoms with Crippen molar-refractivity contribution in [2.75, 3.05) is 25.6 Å². The third kappa shape index (κ3) is 23.8. The summed E-state index contributed by atoms with van der Waals surface area (Å²) in [5.41, 5.74) is 5.63. The Morgan fingerprint density at radius 3 is 1.72 bits per heavy atom. The molecule has 1 aliphatic heterocycles. The number of fused-ring (bicyclic) bond motifs is 1. The second-order valence-corrected chi connectivity index (χ2v) is 18.5. The van der Waals surface area contributed by atoms with Gasteiger partial charge in [0.25, 0.3) is 7.82 Å². The molecular weight excluding hydrogens is 859 g/mol. The monoisotopic (exact) mass is 938 g/mol. The summed E-state index contributed by atoms with van der Waals surface area (Å²) in [6, 6.07) is 0. The van der Waals surface area contributed by atoms with E-state index in [9.17, 15) is 33.7 Å². The molecule has 2 unspecified atom stereocenters. The summed E-state index contributed by atoms with van der Waals surface area (Å²) in [6.45, 7) is 2.58. The number of rotatable bonds is 38. The molecule has 1 fully saturated rings. The van der Waals surface area contributed by atoms with E-state index in [1.807, 2.05) is 0 Å². The van der Waals surface area contributed by atoms with E-state index in [1.165, 1.54) is 116 Å². The predicted octanol–water partition coefficient (Wildman–Crippen LogP) is 6.09. The summed E-state index contributed by atoms with van der Waals surface area (Å²) in [6.07, 6.45) is 23.4. The van der Waals surface area contributed by atoms with Crippen LogP contribution in [0, 0.1) is 6.08 Å². The molecule has 0 bridgehead atoms. The second-order valence-electron chi connectivity index (χ2n) is 17.1. The summed E-state index contributed by atoms with van der Waals surface area (Å²) in [4.78, 5) is 49.4. The number of nitrogens with two attached hydrogens (primary N) is 1. The molecule has 1 saturated heterocycles. The number of nitrogens with zero attached hydrogens (tertiary/aromatic N) is 4. The van der Waals surface area contributed by atoms with Crippen molar-refractivity contribution in [3.63, 3.8) is 0 Å². The van der Waals surface area contributed by atoms with Crippen LogP contribution in [0.2, 0.25) is 0 Å². The number of phosphoric acid groups is 1. The van der Waals surface area contributed by atoms with E-state index in [1.54, 1.807) is 0 Å². The Morgan fingerprint density at radius 1 is 0.750 bits per heavy atom. The molecule has 0 radical (unpaired) electrons. The van der Waals surface area contributed by atoms with Gasteiger partial charge in [-0.1, -0.05) is 168 Å². The molecule has 3 rings (SSSR count). The third-order valence-electron chi connectivity index (χ3n) is 11.5. The zero-order chi connectivity index (χ0) is 45.7. The number of imidazole rings is 1. The third-order valence-corrected chi connectivity index (χ3v) is 12.5. The first-order chi connectivity index (χ1) is 30.5. The van der Waals surface area contributed by atoms with Gasteiger partial charge in [0, 0.05) is 12.8 Å². The molecule has 0 aromatic carbocycles. The summed E-state index contributed by atoms with van der Waals surface area (Å²) in [7, 11) is -5.12. The first-order valence-electron chi connectivity index (χ1n) is 24.1. The van der Waals surface area contributed by atoms with Gasteiger partial charge in [-0.25, -0.2) is 4.98 Å². The van der Waals surface area contributed by atoms with Gasteiger partial charge in [0.1, 0.15) is 24.9 Å². The van der Waals surface area contributed by atoms with E-state index in [0.717, 1.165) is 49.4 Å². The molecule has 64 heavy (non-hydrogen) atoms. The van der Waals surface area contributed by atoms with Crippen LogP contribution < -0.4 is 40.2 Å². The number of aromatic nitrogens is 4. The Balaban J connectivity index is 0.0000141. The molecule has 0 spiro atoms. The van der Waals surface area contributed by atoms with E-state index in [0.29, 0.717) is 12.8 Å². The van der Waals surface area contributed by atoms with E-state index in [-0.39, 0.29) is 59.4 Å². The van der Waals surface area contributed by atoms with Gasteiger partial charge in [0.2, 0.25) is 0 Å². The minimum absolute atomic E-state index is 0. The van der Waals surface area contributed by atoms with Crippen molar-refractivity contribution in [1.82, 2.24) is 19.5 Å². The number of unbranched alkanes of at least 4 members (excludes halogenated alkanes) is 24. The van der Waals surface area contributed by atoms with Crippen LogP contribution in [0.25, 0.3) is 11.2 Å². The summed E-state index contributed by atoms with van der Waals surface area (Å²) in [5, 5.41) is 21.4. The fourth-order valence-electron chi connectivity index (χ4n) is 7.76. The van der Waals surface area contributed by atoms with Gasteiger partial charge in [-0.3, -0.25) is 18.7 Å². The van der Waals surface area contributed by atoms with Crippen LogP contribution >= 0.6 is 7.82 Å². The Kier molecular flexibility index (Phi) is 31.4. The van der Waals surface area contributed by atoms with Gasteiger partial charge in [-0.05, 0) is 12.8 Å². The maximum Gasteiger partial charge on any atom is 1.00 e. The minimum atomic E-state index is -5.12.